The third kappa shape index (κ3) is 2.88. The second-order valence-electron chi connectivity index (χ2n) is 4.96. The number of ether oxygens (including phenoxy) is 2. The second-order valence-corrected chi connectivity index (χ2v) is 5.98. The SMILES string of the molecule is COC(=O)c1sc(-c2ccc(OC)cc2)c(C(C)C)c1N. The fourth-order valence-corrected chi connectivity index (χ4v) is 3.53. The van der Waals surface area contributed by atoms with E-state index in [1.165, 1.54) is 18.4 Å². The minimum absolute atomic E-state index is 0.219. The Kier molecular flexibility index (Phi) is 4.53. The summed E-state index contributed by atoms with van der Waals surface area (Å²) >= 11 is 1.37. The lowest BCUT2D eigenvalue weighted by Crippen LogP contribution is -2.03. The van der Waals surface area contributed by atoms with Crippen molar-refractivity contribution in [1.82, 2.24) is 0 Å². The number of carbonyl (C=O) groups is 1. The summed E-state index contributed by atoms with van der Waals surface area (Å²) in [5.41, 5.74) is 8.69. The van der Waals surface area contributed by atoms with E-state index in [0.29, 0.717) is 10.6 Å². The highest BCUT2D eigenvalue weighted by Crippen LogP contribution is 2.43. The van der Waals surface area contributed by atoms with E-state index in [1.54, 1.807) is 7.11 Å². The van der Waals surface area contributed by atoms with Gasteiger partial charge in [-0.15, -0.1) is 11.3 Å². The van der Waals surface area contributed by atoms with E-state index in [1.807, 2.05) is 24.3 Å². The van der Waals surface area contributed by atoms with Crippen LogP contribution < -0.4 is 10.5 Å². The van der Waals surface area contributed by atoms with Gasteiger partial charge in [-0.05, 0) is 41.3 Å². The van der Waals surface area contributed by atoms with Crippen molar-refractivity contribution in [3.63, 3.8) is 0 Å². The van der Waals surface area contributed by atoms with E-state index < -0.39 is 0 Å². The molecule has 1 heterocycles. The highest BCUT2D eigenvalue weighted by Gasteiger charge is 2.23. The van der Waals surface area contributed by atoms with Gasteiger partial charge in [-0.2, -0.15) is 0 Å². The molecule has 0 saturated heterocycles. The van der Waals surface area contributed by atoms with E-state index in [9.17, 15) is 4.79 Å². The molecule has 2 aromatic rings. The van der Waals surface area contributed by atoms with Crippen molar-refractivity contribution in [3.8, 4) is 16.2 Å². The third-order valence-corrected chi connectivity index (χ3v) is 4.53. The number of hydrogen-bond acceptors (Lipinski definition) is 5. The molecule has 112 valence electrons. The fraction of sp³-hybridized carbons (Fsp3) is 0.312. The van der Waals surface area contributed by atoms with Gasteiger partial charge in [0.25, 0.3) is 0 Å². The Morgan fingerprint density at radius 3 is 2.29 bits per heavy atom. The van der Waals surface area contributed by atoms with Crippen LogP contribution in [-0.4, -0.2) is 20.2 Å². The molecule has 0 unspecified atom stereocenters. The zero-order valence-corrected chi connectivity index (χ0v) is 13.4. The van der Waals surface area contributed by atoms with Crippen LogP contribution in [0.4, 0.5) is 5.69 Å². The second kappa shape index (κ2) is 6.18. The molecule has 1 aromatic carbocycles. The van der Waals surface area contributed by atoms with E-state index >= 15 is 0 Å². The average Bonchev–Trinajstić information content (AvgIpc) is 2.84. The van der Waals surface area contributed by atoms with Crippen molar-refractivity contribution >= 4 is 23.0 Å². The summed E-state index contributed by atoms with van der Waals surface area (Å²) < 4.78 is 9.98. The zero-order chi connectivity index (χ0) is 15.6. The number of nitrogens with two attached hydrogens (primary N) is 1. The molecule has 0 aliphatic heterocycles. The molecule has 1 aromatic heterocycles. The molecule has 0 atom stereocenters. The van der Waals surface area contributed by atoms with Crippen LogP contribution in [0.1, 0.15) is 35.0 Å². The number of methoxy groups -OCH3 is 2. The standard InChI is InChI=1S/C16H19NO3S/c1-9(2)12-13(17)15(16(18)20-4)21-14(12)10-5-7-11(19-3)8-6-10/h5-9H,17H2,1-4H3. The molecule has 4 nitrogen and oxygen atoms in total. The van der Waals surface area contributed by atoms with E-state index in [4.69, 9.17) is 15.2 Å². The lowest BCUT2D eigenvalue weighted by Gasteiger charge is -2.09. The van der Waals surface area contributed by atoms with Crippen LogP contribution in [0, 0.1) is 0 Å². The minimum atomic E-state index is -0.390. The Bertz CT molecular complexity index is 644. The van der Waals surface area contributed by atoms with Crippen LogP contribution in [0.15, 0.2) is 24.3 Å². The number of rotatable bonds is 4. The largest absolute Gasteiger partial charge is 0.497 e. The molecule has 0 spiro atoms. The number of thiophene rings is 1. The highest BCUT2D eigenvalue weighted by molar-refractivity contribution is 7.18. The molecule has 5 heteroatoms. The first-order chi connectivity index (χ1) is 9.99. The summed E-state index contributed by atoms with van der Waals surface area (Å²) in [6, 6.07) is 7.73. The van der Waals surface area contributed by atoms with Gasteiger partial charge in [-0.25, -0.2) is 4.79 Å². The first kappa shape index (κ1) is 15.4. The number of nitrogen functional groups attached to an aromatic ring is 1. The molecule has 21 heavy (non-hydrogen) atoms. The van der Waals surface area contributed by atoms with E-state index in [0.717, 1.165) is 21.8 Å². The van der Waals surface area contributed by atoms with Gasteiger partial charge in [0.1, 0.15) is 10.6 Å². The molecule has 0 saturated carbocycles. The number of hydrogen-bond donors (Lipinski definition) is 1. The summed E-state index contributed by atoms with van der Waals surface area (Å²) in [5.74, 6) is 0.624. The molecule has 0 bridgehead atoms. The molecule has 0 aliphatic rings. The molecule has 0 radical (unpaired) electrons. The molecule has 0 fully saturated rings. The van der Waals surface area contributed by atoms with Gasteiger partial charge in [0, 0.05) is 4.88 Å². The van der Waals surface area contributed by atoms with Crippen LogP contribution in [0.5, 0.6) is 5.75 Å². The van der Waals surface area contributed by atoms with Crippen LogP contribution >= 0.6 is 11.3 Å². The Morgan fingerprint density at radius 1 is 1.19 bits per heavy atom. The van der Waals surface area contributed by atoms with Gasteiger partial charge in [0.15, 0.2) is 0 Å². The van der Waals surface area contributed by atoms with E-state index in [-0.39, 0.29) is 11.9 Å². The van der Waals surface area contributed by atoms with Gasteiger partial charge in [-0.3, -0.25) is 0 Å². The minimum Gasteiger partial charge on any atom is -0.497 e. The van der Waals surface area contributed by atoms with E-state index in [2.05, 4.69) is 13.8 Å². The van der Waals surface area contributed by atoms with Gasteiger partial charge >= 0.3 is 5.97 Å². The maximum Gasteiger partial charge on any atom is 0.350 e. The van der Waals surface area contributed by atoms with Crippen molar-refractivity contribution in [3.05, 3.63) is 34.7 Å². The Balaban J connectivity index is 2.58. The van der Waals surface area contributed by atoms with Crippen molar-refractivity contribution in [1.29, 1.82) is 0 Å². The summed E-state index contributed by atoms with van der Waals surface area (Å²) in [5, 5.41) is 0. The maximum absolute atomic E-state index is 11.8. The van der Waals surface area contributed by atoms with Gasteiger partial charge in [-0.1, -0.05) is 13.8 Å². The quantitative estimate of drug-likeness (QED) is 0.870. The third-order valence-electron chi connectivity index (χ3n) is 3.28. The topological polar surface area (TPSA) is 61.5 Å². The van der Waals surface area contributed by atoms with Gasteiger partial charge in [0.2, 0.25) is 0 Å². The fourth-order valence-electron chi connectivity index (χ4n) is 2.23. The van der Waals surface area contributed by atoms with Crippen molar-refractivity contribution in [2.75, 3.05) is 20.0 Å². The predicted octanol–water partition coefficient (Wildman–Crippen LogP) is 3.92. The van der Waals surface area contributed by atoms with Gasteiger partial charge < -0.3 is 15.2 Å². The lowest BCUT2D eigenvalue weighted by molar-refractivity contribution is 0.0607. The first-order valence-electron chi connectivity index (χ1n) is 6.64. The monoisotopic (exact) mass is 305 g/mol. The summed E-state index contributed by atoms with van der Waals surface area (Å²) in [6.45, 7) is 4.12. The number of benzene rings is 1. The molecule has 0 amide bonds. The first-order valence-corrected chi connectivity index (χ1v) is 7.46. The molecular weight excluding hydrogens is 286 g/mol. The van der Waals surface area contributed by atoms with Crippen molar-refractivity contribution in [2.45, 2.75) is 19.8 Å². The lowest BCUT2D eigenvalue weighted by atomic mass is 9.98. The zero-order valence-electron chi connectivity index (χ0n) is 12.6. The molecule has 2 rings (SSSR count). The van der Waals surface area contributed by atoms with Gasteiger partial charge in [0.05, 0.1) is 19.9 Å². The van der Waals surface area contributed by atoms with Crippen LogP contribution in [0.25, 0.3) is 10.4 Å². The highest BCUT2D eigenvalue weighted by atomic mass is 32.1. The maximum atomic E-state index is 11.8. The Morgan fingerprint density at radius 2 is 1.81 bits per heavy atom. The summed E-state index contributed by atoms with van der Waals surface area (Å²) in [4.78, 5) is 13.3. The average molecular weight is 305 g/mol. The Hall–Kier alpha value is -2.01. The number of esters is 1. The van der Waals surface area contributed by atoms with Crippen molar-refractivity contribution in [2.24, 2.45) is 0 Å². The summed E-state index contributed by atoms with van der Waals surface area (Å²) in [6.07, 6.45) is 0. The normalized spacial score (nSPS) is 10.7. The number of carbonyl (C=O) groups excluding carboxylic acids is 1. The molecule has 2 N–H and O–H groups in total. The Labute approximate surface area is 128 Å². The molecule has 0 aliphatic carbocycles. The smallest absolute Gasteiger partial charge is 0.350 e. The summed E-state index contributed by atoms with van der Waals surface area (Å²) in [7, 11) is 3.00. The number of anilines is 1. The van der Waals surface area contributed by atoms with Crippen LogP contribution in [0.2, 0.25) is 0 Å². The molecular formula is C16H19NO3S. The van der Waals surface area contributed by atoms with Crippen molar-refractivity contribution < 1.29 is 14.3 Å². The van der Waals surface area contributed by atoms with Crippen LogP contribution in [-0.2, 0) is 4.74 Å². The predicted molar refractivity (Wildman–Crippen MR) is 86.1 cm³/mol. The van der Waals surface area contributed by atoms with Crippen LogP contribution in [0.3, 0.4) is 0 Å².